The fourth-order valence-electron chi connectivity index (χ4n) is 1.46. The van der Waals surface area contributed by atoms with E-state index in [1.54, 1.807) is 23.5 Å². The molecule has 0 fully saturated rings. The first-order chi connectivity index (χ1) is 8.18. The van der Waals surface area contributed by atoms with Crippen LogP contribution in [0.25, 0.3) is 0 Å². The minimum atomic E-state index is -0.588. The first-order valence-corrected chi connectivity index (χ1v) is 6.87. The van der Waals surface area contributed by atoms with E-state index in [0.29, 0.717) is 16.0 Å². The Morgan fingerprint density at radius 1 is 1.41 bits per heavy atom. The van der Waals surface area contributed by atoms with Crippen molar-refractivity contribution in [3.05, 3.63) is 40.6 Å². The van der Waals surface area contributed by atoms with E-state index < -0.39 is 6.10 Å². The van der Waals surface area contributed by atoms with Gasteiger partial charge in [-0.05, 0) is 28.1 Å². The second-order valence-electron chi connectivity index (χ2n) is 3.53. The van der Waals surface area contributed by atoms with E-state index in [2.05, 4.69) is 26.2 Å². The van der Waals surface area contributed by atoms with Crippen molar-refractivity contribution in [2.75, 3.05) is 5.75 Å². The average Bonchev–Trinajstić information content (AvgIpc) is 2.67. The van der Waals surface area contributed by atoms with Gasteiger partial charge in [-0.15, -0.1) is 16.9 Å². The summed E-state index contributed by atoms with van der Waals surface area (Å²) in [5, 5.41) is 17.8. The molecule has 1 heterocycles. The fraction of sp³-hybridized carbons (Fsp3) is 0.273. The quantitative estimate of drug-likeness (QED) is 0.881. The van der Waals surface area contributed by atoms with Gasteiger partial charge in [0.15, 0.2) is 4.60 Å². The van der Waals surface area contributed by atoms with Crippen LogP contribution < -0.4 is 0 Å². The number of rotatable bonds is 4. The predicted octanol–water partition coefficient (Wildman–Crippen LogP) is 2.40. The summed E-state index contributed by atoms with van der Waals surface area (Å²) >= 11 is 4.88. The third-order valence-electron chi connectivity index (χ3n) is 2.29. The Morgan fingerprint density at radius 3 is 2.71 bits per heavy atom. The van der Waals surface area contributed by atoms with Gasteiger partial charge in [-0.3, -0.25) is 0 Å². The van der Waals surface area contributed by atoms with Gasteiger partial charge in [-0.25, -0.2) is 4.68 Å². The Kier molecular flexibility index (Phi) is 4.20. The number of aliphatic hydroxyl groups is 1. The zero-order valence-electron chi connectivity index (χ0n) is 9.25. The molecular weight excluding hydrogens is 302 g/mol. The fourth-order valence-corrected chi connectivity index (χ4v) is 2.91. The van der Waals surface area contributed by atoms with Crippen molar-refractivity contribution in [2.24, 2.45) is 7.05 Å². The van der Waals surface area contributed by atoms with Crippen LogP contribution in [-0.4, -0.2) is 25.9 Å². The maximum Gasteiger partial charge on any atom is 0.154 e. The summed E-state index contributed by atoms with van der Waals surface area (Å²) in [5.41, 5.74) is 0.702. The molecule has 4 nitrogen and oxygen atoms in total. The van der Waals surface area contributed by atoms with Crippen LogP contribution in [-0.2, 0) is 7.05 Å². The molecule has 0 bridgehead atoms. The Morgan fingerprint density at radius 2 is 2.12 bits per heavy atom. The maximum atomic E-state index is 10.1. The first kappa shape index (κ1) is 12.6. The highest BCUT2D eigenvalue weighted by Crippen LogP contribution is 2.27. The van der Waals surface area contributed by atoms with Crippen LogP contribution in [0, 0.1) is 0 Å². The van der Waals surface area contributed by atoms with Crippen molar-refractivity contribution in [3.8, 4) is 0 Å². The van der Waals surface area contributed by atoms with Crippen LogP contribution in [0.15, 0.2) is 39.8 Å². The summed E-state index contributed by atoms with van der Waals surface area (Å²) < 4.78 is 2.18. The molecule has 1 aromatic carbocycles. The zero-order chi connectivity index (χ0) is 12.3. The molecule has 0 spiro atoms. The van der Waals surface area contributed by atoms with Crippen LogP contribution in [0.4, 0.5) is 0 Å². The van der Waals surface area contributed by atoms with E-state index >= 15 is 0 Å². The molecule has 0 radical (unpaired) electrons. The lowest BCUT2D eigenvalue weighted by atomic mass is 10.3. The van der Waals surface area contributed by atoms with E-state index in [1.807, 2.05) is 30.3 Å². The van der Waals surface area contributed by atoms with Gasteiger partial charge in [0.25, 0.3) is 0 Å². The number of thioether (sulfide) groups is 1. The highest BCUT2D eigenvalue weighted by molar-refractivity contribution is 9.10. The lowest BCUT2D eigenvalue weighted by Gasteiger charge is -2.10. The van der Waals surface area contributed by atoms with E-state index in [4.69, 9.17) is 0 Å². The molecule has 90 valence electrons. The van der Waals surface area contributed by atoms with Gasteiger partial charge in [0.05, 0.1) is 0 Å². The van der Waals surface area contributed by atoms with Crippen molar-refractivity contribution in [2.45, 2.75) is 11.0 Å². The van der Waals surface area contributed by atoms with Crippen molar-refractivity contribution in [3.63, 3.8) is 0 Å². The van der Waals surface area contributed by atoms with Gasteiger partial charge >= 0.3 is 0 Å². The number of halogens is 1. The summed E-state index contributed by atoms with van der Waals surface area (Å²) in [6.07, 6.45) is -0.588. The Balaban J connectivity index is 2.01. The van der Waals surface area contributed by atoms with E-state index in [-0.39, 0.29) is 0 Å². The minimum absolute atomic E-state index is 0.573. The second kappa shape index (κ2) is 5.66. The number of aliphatic hydroxyl groups excluding tert-OH is 1. The highest BCUT2D eigenvalue weighted by Gasteiger charge is 2.17. The molecule has 0 aliphatic carbocycles. The van der Waals surface area contributed by atoms with Crippen molar-refractivity contribution >= 4 is 27.7 Å². The molecular formula is C11H12BrN3OS. The maximum absolute atomic E-state index is 10.1. The third-order valence-corrected chi connectivity index (χ3v) is 3.95. The number of benzene rings is 1. The van der Waals surface area contributed by atoms with Crippen LogP contribution in [0.5, 0.6) is 0 Å². The lowest BCUT2D eigenvalue weighted by Crippen LogP contribution is -2.08. The molecule has 17 heavy (non-hydrogen) atoms. The Labute approximate surface area is 112 Å². The molecule has 0 saturated heterocycles. The first-order valence-electron chi connectivity index (χ1n) is 5.09. The van der Waals surface area contributed by atoms with Crippen LogP contribution in [0.3, 0.4) is 0 Å². The number of hydrogen-bond donors (Lipinski definition) is 1. The number of hydrogen-bond acceptors (Lipinski definition) is 4. The molecule has 0 saturated carbocycles. The highest BCUT2D eigenvalue weighted by atomic mass is 79.9. The SMILES string of the molecule is Cn1nnc(Br)c1C(O)CSc1ccccc1. The van der Waals surface area contributed by atoms with Crippen LogP contribution in [0.1, 0.15) is 11.8 Å². The molecule has 1 N–H and O–H groups in total. The number of aryl methyl sites for hydroxylation is 1. The van der Waals surface area contributed by atoms with Crippen molar-refractivity contribution in [1.29, 1.82) is 0 Å². The van der Waals surface area contributed by atoms with Gasteiger partial charge in [0, 0.05) is 17.7 Å². The molecule has 0 amide bonds. The normalized spacial score (nSPS) is 12.6. The Hall–Kier alpha value is -0.850. The van der Waals surface area contributed by atoms with Gasteiger partial charge < -0.3 is 5.11 Å². The monoisotopic (exact) mass is 313 g/mol. The van der Waals surface area contributed by atoms with Crippen molar-refractivity contribution < 1.29 is 5.11 Å². The molecule has 2 rings (SSSR count). The third kappa shape index (κ3) is 3.08. The predicted molar refractivity (Wildman–Crippen MR) is 70.8 cm³/mol. The number of aromatic nitrogens is 3. The van der Waals surface area contributed by atoms with Gasteiger partial charge in [0.1, 0.15) is 11.8 Å². The van der Waals surface area contributed by atoms with Crippen molar-refractivity contribution in [1.82, 2.24) is 15.0 Å². The average molecular weight is 314 g/mol. The smallest absolute Gasteiger partial charge is 0.154 e. The van der Waals surface area contributed by atoms with Gasteiger partial charge in [-0.1, -0.05) is 23.4 Å². The van der Waals surface area contributed by atoms with Crippen LogP contribution >= 0.6 is 27.7 Å². The molecule has 1 unspecified atom stereocenters. The Bertz CT molecular complexity index is 469. The van der Waals surface area contributed by atoms with E-state index in [1.165, 1.54) is 0 Å². The molecule has 0 aliphatic rings. The minimum Gasteiger partial charge on any atom is -0.386 e. The standard InChI is InChI=1S/C11H12BrN3OS/c1-15-10(11(12)13-14-15)9(16)7-17-8-5-3-2-4-6-8/h2-6,9,16H,7H2,1H3. The number of nitrogens with zero attached hydrogens (tertiary/aromatic N) is 3. The second-order valence-corrected chi connectivity index (χ2v) is 5.37. The van der Waals surface area contributed by atoms with E-state index in [9.17, 15) is 5.11 Å². The lowest BCUT2D eigenvalue weighted by molar-refractivity contribution is 0.193. The van der Waals surface area contributed by atoms with E-state index in [0.717, 1.165) is 4.90 Å². The molecule has 0 aliphatic heterocycles. The molecule has 2 aromatic rings. The summed E-state index contributed by atoms with van der Waals surface area (Å²) in [6, 6.07) is 9.98. The van der Waals surface area contributed by atoms with Gasteiger partial charge in [0.2, 0.25) is 0 Å². The summed E-state index contributed by atoms with van der Waals surface area (Å²) in [7, 11) is 1.77. The molecule has 6 heteroatoms. The summed E-state index contributed by atoms with van der Waals surface area (Å²) in [4.78, 5) is 1.14. The molecule has 1 aromatic heterocycles. The van der Waals surface area contributed by atoms with Crippen LogP contribution in [0.2, 0.25) is 0 Å². The zero-order valence-corrected chi connectivity index (χ0v) is 11.6. The molecule has 1 atom stereocenters. The summed E-state index contributed by atoms with van der Waals surface area (Å²) in [6.45, 7) is 0. The topological polar surface area (TPSA) is 50.9 Å². The van der Waals surface area contributed by atoms with Gasteiger partial charge in [-0.2, -0.15) is 0 Å². The largest absolute Gasteiger partial charge is 0.386 e. The summed E-state index contributed by atoms with van der Waals surface area (Å²) in [5.74, 6) is 0.573.